The van der Waals surface area contributed by atoms with Crippen LogP contribution in [-0.2, 0) is 59.0 Å². The molecule has 2 saturated heterocycles. The van der Waals surface area contributed by atoms with Crippen LogP contribution in [0.3, 0.4) is 0 Å². The molecule has 7 N–H and O–H groups in total. The summed E-state index contributed by atoms with van der Waals surface area (Å²) in [6, 6.07) is -0.231. The molecule has 1 aromatic carbocycles. The van der Waals surface area contributed by atoms with Gasteiger partial charge < -0.3 is 65.5 Å². The molecular formula is C57H93N7O15. The predicted octanol–water partition coefficient (Wildman–Crippen LogP) is 2.06. The maximum atomic E-state index is 14.8. The number of aliphatic hydroxyl groups is 3. The summed E-state index contributed by atoms with van der Waals surface area (Å²) in [7, 11) is 4.51. The van der Waals surface area contributed by atoms with Crippen molar-refractivity contribution in [1.82, 2.24) is 36.0 Å². The number of rotatable bonds is 31. The second-order valence-corrected chi connectivity index (χ2v) is 22.7. The van der Waals surface area contributed by atoms with Gasteiger partial charge in [-0.2, -0.15) is 0 Å². The fourth-order valence-corrected chi connectivity index (χ4v) is 10.1. The molecule has 6 amide bonds. The Balaban J connectivity index is 1.92. The highest BCUT2D eigenvalue weighted by Crippen LogP contribution is 2.25. The van der Waals surface area contributed by atoms with E-state index in [1.54, 1.807) is 63.9 Å². The SMILES string of the molecule is CC[C@H](C)[C@H](NC(=O)[C@@H](NC(=O)[C@@H](CC(C)C)N(C)C(=O)[C@@H]1CCCN1C(=O)[C@H](C)O)[C@@H](C)OC(=O)[C@H](Cc1ccc(OC)cc1)NC)[C@@H](O)CC(=O)O[C@H](C(=O)[C@H](C)C(=O)N[C@@H](CC(C)C)C(=O)N1CCC[C@H]1CO)C(C)C. The first-order chi connectivity index (χ1) is 37.1. The van der Waals surface area contributed by atoms with Gasteiger partial charge in [0.25, 0.3) is 5.91 Å². The smallest absolute Gasteiger partial charge is 0.323 e. The molecule has 446 valence electrons. The Hall–Kier alpha value is -5.71. The number of carbonyl (C=O) groups is 9. The summed E-state index contributed by atoms with van der Waals surface area (Å²) in [4.78, 5) is 130. The summed E-state index contributed by atoms with van der Waals surface area (Å²) < 4.78 is 16.9. The number of aliphatic hydroxyl groups excluding tert-OH is 3. The van der Waals surface area contributed by atoms with Gasteiger partial charge in [0.15, 0.2) is 11.9 Å². The monoisotopic (exact) mass is 1120 g/mol. The van der Waals surface area contributed by atoms with Crippen molar-refractivity contribution < 1.29 is 72.7 Å². The Bertz CT molecular complexity index is 2210. The van der Waals surface area contributed by atoms with Crippen LogP contribution in [0.2, 0.25) is 0 Å². The lowest BCUT2D eigenvalue weighted by Gasteiger charge is -2.36. The van der Waals surface area contributed by atoms with E-state index in [-0.39, 0.29) is 56.2 Å². The Kier molecular flexibility index (Phi) is 27.3. The molecule has 2 aliphatic rings. The van der Waals surface area contributed by atoms with E-state index in [2.05, 4.69) is 21.3 Å². The molecule has 0 radical (unpaired) electrons. The molecule has 22 nitrogen and oxygen atoms in total. The average molecular weight is 1120 g/mol. The summed E-state index contributed by atoms with van der Waals surface area (Å²) in [5.41, 5.74) is 0.759. The van der Waals surface area contributed by atoms with Crippen molar-refractivity contribution >= 4 is 53.2 Å². The number of benzene rings is 1. The predicted molar refractivity (Wildman–Crippen MR) is 294 cm³/mol. The highest BCUT2D eigenvalue weighted by atomic mass is 16.6. The summed E-state index contributed by atoms with van der Waals surface area (Å²) in [6.45, 7) is 18.7. The van der Waals surface area contributed by atoms with Crippen molar-refractivity contribution in [3.63, 3.8) is 0 Å². The number of amides is 6. The number of esters is 2. The molecule has 0 aliphatic carbocycles. The van der Waals surface area contributed by atoms with Crippen LogP contribution in [0.25, 0.3) is 0 Å². The number of nitrogens with one attached hydrogen (secondary N) is 4. The van der Waals surface area contributed by atoms with E-state index >= 15 is 0 Å². The van der Waals surface area contributed by atoms with Crippen molar-refractivity contribution in [3.8, 4) is 5.75 Å². The lowest BCUT2D eigenvalue weighted by Crippen LogP contribution is -2.62. The molecule has 0 aromatic heterocycles. The van der Waals surface area contributed by atoms with E-state index < -0.39 is 132 Å². The Labute approximate surface area is 467 Å². The van der Waals surface area contributed by atoms with Gasteiger partial charge in [0.05, 0.1) is 44.2 Å². The number of nitrogens with zero attached hydrogens (tertiary/aromatic N) is 3. The summed E-state index contributed by atoms with van der Waals surface area (Å²) >= 11 is 0. The van der Waals surface area contributed by atoms with Gasteiger partial charge in [-0.3, -0.25) is 43.2 Å². The standard InChI is InChI=1S/C57H93N7O15/c1-15-34(8)47(45(67)29-46(68)79-50(33(6)7)49(69)35(9)51(70)59-41(26-31(2)3)55(74)63-24-16-18-39(63)30-65)60-53(72)48(37(11)78-57(76)42(58-12)28-38-20-22-40(77-14)23-21-38)61-52(71)44(27-32(4)5)62(13)56(75)43-19-17-25-64(43)54(73)36(10)66/h20-23,31-37,39,41-45,47-48,50,58,65-67H,15-19,24-30H2,1-14H3,(H,59,70)(H,60,72)(H,61,71)/t34-,35-,36-,37+,39-,41-,42-,43-,44+,45-,47-,48-,50-/m0/s1. The molecule has 0 spiro atoms. The van der Waals surface area contributed by atoms with Gasteiger partial charge in [-0.05, 0) is 114 Å². The van der Waals surface area contributed by atoms with Crippen molar-refractivity contribution in [1.29, 1.82) is 0 Å². The molecular weight excluding hydrogens is 1020 g/mol. The van der Waals surface area contributed by atoms with E-state index in [4.69, 9.17) is 14.2 Å². The average Bonchev–Trinajstić information content (AvgIpc) is 4.12. The number of likely N-dealkylation sites (N-methyl/N-ethyl adjacent to an activating group) is 2. The van der Waals surface area contributed by atoms with Crippen molar-refractivity contribution in [2.24, 2.45) is 29.6 Å². The molecule has 2 fully saturated rings. The van der Waals surface area contributed by atoms with Gasteiger partial charge in [0, 0.05) is 20.1 Å². The van der Waals surface area contributed by atoms with Crippen LogP contribution in [0, 0.1) is 29.6 Å². The van der Waals surface area contributed by atoms with Crippen LogP contribution in [0.5, 0.6) is 5.75 Å². The number of likely N-dealkylation sites (tertiary alicyclic amines) is 2. The summed E-state index contributed by atoms with van der Waals surface area (Å²) in [6.07, 6.45) is -3.51. The van der Waals surface area contributed by atoms with Gasteiger partial charge in [0.1, 0.15) is 48.2 Å². The van der Waals surface area contributed by atoms with Gasteiger partial charge in [-0.25, -0.2) is 0 Å². The second kappa shape index (κ2) is 31.9. The lowest BCUT2D eigenvalue weighted by atomic mass is 9.91. The topological polar surface area (TPSA) is 300 Å². The van der Waals surface area contributed by atoms with Crippen molar-refractivity contribution in [3.05, 3.63) is 29.8 Å². The summed E-state index contributed by atoms with van der Waals surface area (Å²) in [5, 5.41) is 43.0. The molecule has 2 aliphatic heterocycles. The molecule has 1 aromatic rings. The molecule has 0 bridgehead atoms. The zero-order chi connectivity index (χ0) is 59.6. The molecule has 13 atom stereocenters. The highest BCUT2D eigenvalue weighted by molar-refractivity contribution is 6.05. The number of hydrogen-bond donors (Lipinski definition) is 7. The number of Topliss-reactive ketones (excluding diaryl/α,β-unsaturated/α-hetero) is 1. The largest absolute Gasteiger partial charge is 0.497 e. The molecule has 0 saturated carbocycles. The minimum absolute atomic E-state index is 0.00898. The fourth-order valence-electron chi connectivity index (χ4n) is 10.1. The van der Waals surface area contributed by atoms with Crippen LogP contribution in [0.1, 0.15) is 133 Å². The molecule has 22 heteroatoms. The number of methoxy groups -OCH3 is 1. The van der Waals surface area contributed by atoms with Crippen molar-refractivity contribution in [2.75, 3.05) is 40.9 Å². The maximum absolute atomic E-state index is 14.8. The van der Waals surface area contributed by atoms with E-state index in [1.165, 1.54) is 44.7 Å². The van der Waals surface area contributed by atoms with Crippen LogP contribution >= 0.6 is 0 Å². The zero-order valence-electron chi connectivity index (χ0n) is 49.1. The first kappa shape index (κ1) is 67.6. The fraction of sp³-hybridized carbons (Fsp3) is 0.737. The van der Waals surface area contributed by atoms with Crippen LogP contribution in [-0.4, -0.2) is 191 Å². The normalized spacial score (nSPS) is 19.7. The van der Waals surface area contributed by atoms with Crippen molar-refractivity contribution in [2.45, 2.75) is 201 Å². The van der Waals surface area contributed by atoms with Crippen LogP contribution < -0.4 is 26.0 Å². The quantitative estimate of drug-likeness (QED) is 0.0414. The van der Waals surface area contributed by atoms with Gasteiger partial charge in [-0.15, -0.1) is 0 Å². The first-order valence-electron chi connectivity index (χ1n) is 28.1. The van der Waals surface area contributed by atoms with E-state index in [1.807, 2.05) is 27.7 Å². The minimum Gasteiger partial charge on any atom is -0.497 e. The Morgan fingerprint density at radius 1 is 0.747 bits per heavy atom. The van der Waals surface area contributed by atoms with Gasteiger partial charge >= 0.3 is 11.9 Å². The first-order valence-corrected chi connectivity index (χ1v) is 28.1. The number of ketones is 1. The van der Waals surface area contributed by atoms with E-state index in [0.717, 1.165) is 5.56 Å². The third kappa shape index (κ3) is 19.2. The van der Waals surface area contributed by atoms with E-state index in [9.17, 15) is 58.5 Å². The lowest BCUT2D eigenvalue weighted by molar-refractivity contribution is -0.162. The molecule has 2 heterocycles. The number of carbonyl (C=O) groups excluding carboxylic acids is 9. The molecule has 79 heavy (non-hydrogen) atoms. The third-order valence-corrected chi connectivity index (χ3v) is 15.1. The Morgan fingerprint density at radius 3 is 1.90 bits per heavy atom. The second-order valence-electron chi connectivity index (χ2n) is 22.7. The van der Waals surface area contributed by atoms with Gasteiger partial charge in [-0.1, -0.05) is 73.9 Å². The molecule has 3 rings (SSSR count). The maximum Gasteiger partial charge on any atom is 0.323 e. The molecule has 0 unspecified atom stereocenters. The van der Waals surface area contributed by atoms with Gasteiger partial charge in [0.2, 0.25) is 29.5 Å². The Morgan fingerprint density at radius 2 is 1.35 bits per heavy atom. The van der Waals surface area contributed by atoms with E-state index in [0.29, 0.717) is 44.4 Å². The van der Waals surface area contributed by atoms with Crippen LogP contribution in [0.4, 0.5) is 0 Å². The summed E-state index contributed by atoms with van der Waals surface area (Å²) in [5.74, 6) is -8.61. The third-order valence-electron chi connectivity index (χ3n) is 15.1. The van der Waals surface area contributed by atoms with Crippen LogP contribution in [0.15, 0.2) is 24.3 Å². The highest BCUT2D eigenvalue weighted by Gasteiger charge is 2.43. The minimum atomic E-state index is -1.66. The number of ether oxygens (including phenoxy) is 3. The zero-order valence-corrected chi connectivity index (χ0v) is 49.1. The number of hydrogen-bond acceptors (Lipinski definition) is 16.